The minimum Gasteiger partial charge on any atom is -0.486 e. The molecule has 0 saturated carbocycles. The lowest BCUT2D eigenvalue weighted by molar-refractivity contribution is 0.101. The van der Waals surface area contributed by atoms with Crippen molar-refractivity contribution in [3.8, 4) is 5.75 Å². The molecule has 0 aliphatic rings. The third-order valence-electron chi connectivity index (χ3n) is 2.86. The van der Waals surface area contributed by atoms with Crippen molar-refractivity contribution in [1.29, 1.82) is 0 Å². The van der Waals surface area contributed by atoms with E-state index in [0.717, 1.165) is 5.56 Å². The fourth-order valence-electron chi connectivity index (χ4n) is 1.85. The maximum absolute atomic E-state index is 13.9. The van der Waals surface area contributed by atoms with E-state index >= 15 is 0 Å². The molecule has 2 aromatic carbocycles. The van der Waals surface area contributed by atoms with Crippen molar-refractivity contribution >= 4 is 5.78 Å². The Hall–Kier alpha value is -2.16. The van der Waals surface area contributed by atoms with Crippen molar-refractivity contribution in [2.75, 3.05) is 0 Å². The number of carbonyl (C=O) groups excluding carboxylic acids is 1. The van der Waals surface area contributed by atoms with Crippen LogP contribution in [-0.2, 0) is 6.61 Å². The average molecular weight is 258 g/mol. The number of Topliss-reactive ketones (excluding diaryl/α,β-unsaturated/α-hetero) is 1. The Bertz CT molecular complexity index is 568. The molecule has 0 heterocycles. The molecule has 98 valence electrons. The van der Waals surface area contributed by atoms with Crippen molar-refractivity contribution in [3.63, 3.8) is 0 Å². The molecule has 0 aromatic heterocycles. The van der Waals surface area contributed by atoms with Crippen molar-refractivity contribution < 1.29 is 13.9 Å². The van der Waals surface area contributed by atoms with Crippen molar-refractivity contribution in [1.82, 2.24) is 0 Å². The maximum Gasteiger partial charge on any atom is 0.166 e. The highest BCUT2D eigenvalue weighted by Crippen LogP contribution is 2.25. The summed E-state index contributed by atoms with van der Waals surface area (Å²) in [6.45, 7) is 3.45. The van der Waals surface area contributed by atoms with Crippen molar-refractivity contribution in [2.24, 2.45) is 0 Å². The van der Waals surface area contributed by atoms with Gasteiger partial charge in [0.2, 0.25) is 0 Å². The first-order valence-electron chi connectivity index (χ1n) is 6.05. The van der Waals surface area contributed by atoms with E-state index in [1.54, 1.807) is 13.0 Å². The molecular weight excluding hydrogens is 243 g/mol. The van der Waals surface area contributed by atoms with Gasteiger partial charge >= 0.3 is 0 Å². The first kappa shape index (κ1) is 13.3. The molecule has 2 nitrogen and oxygen atoms in total. The van der Waals surface area contributed by atoms with Crippen LogP contribution in [0.15, 0.2) is 42.5 Å². The molecule has 0 radical (unpaired) electrons. The van der Waals surface area contributed by atoms with E-state index in [2.05, 4.69) is 0 Å². The first-order chi connectivity index (χ1) is 9.08. The van der Waals surface area contributed by atoms with Gasteiger partial charge in [0.25, 0.3) is 0 Å². The Morgan fingerprint density at radius 1 is 1.21 bits per heavy atom. The third kappa shape index (κ3) is 3.19. The molecule has 0 saturated heterocycles. The SMILES string of the molecule is CC(=O)c1cc(C)c(OCc2ccccc2)c(F)c1. The monoisotopic (exact) mass is 258 g/mol. The van der Waals surface area contributed by atoms with Gasteiger partial charge in [0, 0.05) is 5.56 Å². The lowest BCUT2D eigenvalue weighted by Crippen LogP contribution is -2.02. The fraction of sp³-hybridized carbons (Fsp3) is 0.188. The number of hydrogen-bond donors (Lipinski definition) is 0. The van der Waals surface area contributed by atoms with Crippen LogP contribution in [-0.4, -0.2) is 5.78 Å². The molecule has 0 bridgehead atoms. The van der Waals surface area contributed by atoms with E-state index in [1.807, 2.05) is 30.3 Å². The number of rotatable bonds is 4. The van der Waals surface area contributed by atoms with Crippen molar-refractivity contribution in [3.05, 3.63) is 65.0 Å². The Kier molecular flexibility index (Phi) is 3.95. The second-order valence-corrected chi connectivity index (χ2v) is 4.43. The normalized spacial score (nSPS) is 10.3. The molecule has 19 heavy (non-hydrogen) atoms. The standard InChI is InChI=1S/C16H15FO2/c1-11-8-14(12(2)18)9-15(17)16(11)19-10-13-6-4-3-5-7-13/h3-9H,10H2,1-2H3. The topological polar surface area (TPSA) is 26.3 Å². The summed E-state index contributed by atoms with van der Waals surface area (Å²) in [6.07, 6.45) is 0. The Morgan fingerprint density at radius 3 is 2.47 bits per heavy atom. The summed E-state index contributed by atoms with van der Waals surface area (Å²) < 4.78 is 19.4. The van der Waals surface area contributed by atoms with Gasteiger partial charge < -0.3 is 4.74 Å². The number of benzene rings is 2. The molecular formula is C16H15FO2. The molecule has 0 N–H and O–H groups in total. The molecule has 0 aliphatic carbocycles. The molecule has 3 heteroatoms. The van der Waals surface area contributed by atoms with Gasteiger partial charge in [0.15, 0.2) is 17.3 Å². The zero-order valence-electron chi connectivity index (χ0n) is 10.9. The Morgan fingerprint density at radius 2 is 1.89 bits per heavy atom. The van der Waals surface area contributed by atoms with E-state index in [1.165, 1.54) is 13.0 Å². The summed E-state index contributed by atoms with van der Waals surface area (Å²) in [5, 5.41) is 0. The second kappa shape index (κ2) is 5.65. The summed E-state index contributed by atoms with van der Waals surface area (Å²) >= 11 is 0. The van der Waals surface area contributed by atoms with Crippen LogP contribution in [0.3, 0.4) is 0 Å². The number of ketones is 1. The zero-order chi connectivity index (χ0) is 13.8. The lowest BCUT2D eigenvalue weighted by atomic mass is 10.1. The Labute approximate surface area is 111 Å². The van der Waals surface area contributed by atoms with Crippen LogP contribution >= 0.6 is 0 Å². The lowest BCUT2D eigenvalue weighted by Gasteiger charge is -2.11. The highest BCUT2D eigenvalue weighted by Gasteiger charge is 2.11. The summed E-state index contributed by atoms with van der Waals surface area (Å²) in [5.41, 5.74) is 1.96. The molecule has 0 atom stereocenters. The van der Waals surface area contributed by atoms with Crippen molar-refractivity contribution in [2.45, 2.75) is 20.5 Å². The summed E-state index contributed by atoms with van der Waals surface area (Å²) in [5.74, 6) is -0.452. The van der Waals surface area contributed by atoms with Crippen LogP contribution in [0.1, 0.15) is 28.4 Å². The van der Waals surface area contributed by atoms with Crippen LogP contribution in [0.25, 0.3) is 0 Å². The van der Waals surface area contributed by atoms with Gasteiger partial charge in [-0.25, -0.2) is 4.39 Å². The number of aryl methyl sites for hydroxylation is 1. The van der Waals surface area contributed by atoms with Crippen LogP contribution in [0.5, 0.6) is 5.75 Å². The van der Waals surface area contributed by atoms with E-state index < -0.39 is 5.82 Å². The number of ether oxygens (including phenoxy) is 1. The smallest absolute Gasteiger partial charge is 0.166 e. The highest BCUT2D eigenvalue weighted by atomic mass is 19.1. The van der Waals surface area contributed by atoms with Crippen LogP contribution < -0.4 is 4.74 Å². The molecule has 2 aromatic rings. The first-order valence-corrected chi connectivity index (χ1v) is 6.05. The zero-order valence-corrected chi connectivity index (χ0v) is 10.9. The minimum absolute atomic E-state index is 0.156. The Balaban J connectivity index is 2.19. The van der Waals surface area contributed by atoms with E-state index in [4.69, 9.17) is 4.74 Å². The third-order valence-corrected chi connectivity index (χ3v) is 2.86. The molecule has 2 rings (SSSR count). The van der Waals surface area contributed by atoms with Gasteiger partial charge in [0.1, 0.15) is 6.61 Å². The predicted molar refractivity (Wildman–Crippen MR) is 71.9 cm³/mol. The van der Waals surface area contributed by atoms with E-state index in [0.29, 0.717) is 17.7 Å². The van der Waals surface area contributed by atoms with Gasteiger partial charge in [-0.15, -0.1) is 0 Å². The number of carbonyl (C=O) groups is 1. The maximum atomic E-state index is 13.9. The minimum atomic E-state index is -0.499. The summed E-state index contributed by atoms with van der Waals surface area (Å²) in [7, 11) is 0. The molecule has 0 fully saturated rings. The summed E-state index contributed by atoms with van der Waals surface area (Å²) in [4.78, 5) is 11.2. The fourth-order valence-corrected chi connectivity index (χ4v) is 1.85. The van der Waals surface area contributed by atoms with Gasteiger partial charge in [-0.2, -0.15) is 0 Å². The van der Waals surface area contributed by atoms with Gasteiger partial charge in [-0.05, 0) is 37.1 Å². The van der Waals surface area contributed by atoms with Crippen LogP contribution in [0, 0.1) is 12.7 Å². The molecule has 0 amide bonds. The number of halogens is 1. The second-order valence-electron chi connectivity index (χ2n) is 4.43. The largest absolute Gasteiger partial charge is 0.486 e. The predicted octanol–water partition coefficient (Wildman–Crippen LogP) is 3.92. The van der Waals surface area contributed by atoms with Crippen LogP contribution in [0.2, 0.25) is 0 Å². The number of hydrogen-bond acceptors (Lipinski definition) is 2. The molecule has 0 spiro atoms. The quantitative estimate of drug-likeness (QED) is 0.777. The molecule has 0 unspecified atom stereocenters. The van der Waals surface area contributed by atoms with E-state index in [-0.39, 0.29) is 11.5 Å². The molecule has 0 aliphatic heterocycles. The average Bonchev–Trinajstić information content (AvgIpc) is 2.38. The van der Waals surface area contributed by atoms with Gasteiger partial charge in [-0.1, -0.05) is 30.3 Å². The van der Waals surface area contributed by atoms with Crippen LogP contribution in [0.4, 0.5) is 4.39 Å². The highest BCUT2D eigenvalue weighted by molar-refractivity contribution is 5.94. The van der Waals surface area contributed by atoms with Gasteiger partial charge in [-0.3, -0.25) is 4.79 Å². The summed E-state index contributed by atoms with van der Waals surface area (Å²) in [6, 6.07) is 12.4. The van der Waals surface area contributed by atoms with E-state index in [9.17, 15) is 9.18 Å². The van der Waals surface area contributed by atoms with Gasteiger partial charge in [0.05, 0.1) is 0 Å².